The third-order valence-corrected chi connectivity index (χ3v) is 2.47. The Labute approximate surface area is 94.0 Å². The highest BCUT2D eigenvalue weighted by Gasteiger charge is 2.14. The van der Waals surface area contributed by atoms with Gasteiger partial charge in [-0.25, -0.2) is 4.98 Å². The van der Waals surface area contributed by atoms with Crippen LogP contribution in [0, 0.1) is 16.0 Å². The molecule has 1 aromatic rings. The first kappa shape index (κ1) is 12.2. The van der Waals surface area contributed by atoms with Gasteiger partial charge in [0, 0.05) is 12.1 Å². The Morgan fingerprint density at radius 3 is 2.50 bits per heavy atom. The van der Waals surface area contributed by atoms with Gasteiger partial charge in [0.05, 0.1) is 4.92 Å². The van der Waals surface area contributed by atoms with Crippen LogP contribution in [0.3, 0.4) is 0 Å². The number of hydrogen-bond acceptors (Lipinski definition) is 5. The van der Waals surface area contributed by atoms with Crippen molar-refractivity contribution in [2.45, 2.75) is 26.8 Å². The molecule has 1 rings (SSSR count). The van der Waals surface area contributed by atoms with E-state index in [0.717, 1.165) is 0 Å². The van der Waals surface area contributed by atoms with Gasteiger partial charge in [-0.2, -0.15) is 0 Å². The highest BCUT2D eigenvalue weighted by Crippen LogP contribution is 2.21. The lowest BCUT2D eigenvalue weighted by Gasteiger charge is -2.17. The summed E-state index contributed by atoms with van der Waals surface area (Å²) in [4.78, 5) is 13.9. The lowest BCUT2D eigenvalue weighted by molar-refractivity contribution is -0.384. The molecule has 0 aliphatic heterocycles. The minimum absolute atomic E-state index is 0.0639. The van der Waals surface area contributed by atoms with Crippen LogP contribution in [0.1, 0.15) is 20.8 Å². The molecule has 3 N–H and O–H groups in total. The van der Waals surface area contributed by atoms with Crippen molar-refractivity contribution < 1.29 is 4.92 Å². The zero-order valence-corrected chi connectivity index (χ0v) is 9.60. The van der Waals surface area contributed by atoms with Crippen molar-refractivity contribution in [2.75, 3.05) is 11.1 Å². The summed E-state index contributed by atoms with van der Waals surface area (Å²) in [5.41, 5.74) is 5.32. The Hall–Kier alpha value is -1.85. The van der Waals surface area contributed by atoms with E-state index in [4.69, 9.17) is 5.73 Å². The number of nitrogens with zero attached hydrogens (tertiary/aromatic N) is 2. The lowest BCUT2D eigenvalue weighted by atomic mass is 10.1. The molecule has 6 heteroatoms. The van der Waals surface area contributed by atoms with Crippen molar-refractivity contribution in [1.82, 2.24) is 4.98 Å². The Kier molecular flexibility index (Phi) is 3.65. The maximum atomic E-state index is 10.5. The van der Waals surface area contributed by atoms with E-state index in [1.54, 1.807) is 6.07 Å². The second-order valence-corrected chi connectivity index (χ2v) is 4.03. The Bertz CT molecular complexity index is 392. The van der Waals surface area contributed by atoms with Crippen LogP contribution in [-0.2, 0) is 0 Å². The third-order valence-electron chi connectivity index (χ3n) is 2.47. The van der Waals surface area contributed by atoms with Crippen LogP contribution in [0.2, 0.25) is 0 Å². The SMILES string of the molecule is CC(C)C(C)Nc1ccc([N+](=O)[O-])c(N)n1. The molecule has 0 saturated carbocycles. The molecule has 0 bridgehead atoms. The number of nitrogens with two attached hydrogens (primary N) is 1. The summed E-state index contributed by atoms with van der Waals surface area (Å²) in [7, 11) is 0. The van der Waals surface area contributed by atoms with Gasteiger partial charge in [0.2, 0.25) is 5.82 Å². The molecule has 1 atom stereocenters. The summed E-state index contributed by atoms with van der Waals surface area (Å²) >= 11 is 0. The summed E-state index contributed by atoms with van der Waals surface area (Å²) in [5, 5.41) is 13.7. The Morgan fingerprint density at radius 1 is 1.44 bits per heavy atom. The van der Waals surface area contributed by atoms with E-state index >= 15 is 0 Å². The minimum atomic E-state index is -0.544. The Balaban J connectivity index is 2.85. The monoisotopic (exact) mass is 224 g/mol. The molecule has 0 saturated heterocycles. The van der Waals surface area contributed by atoms with E-state index in [2.05, 4.69) is 24.1 Å². The molecule has 0 aromatic carbocycles. The van der Waals surface area contributed by atoms with Gasteiger partial charge < -0.3 is 11.1 Å². The number of nitro groups is 1. The van der Waals surface area contributed by atoms with Crippen molar-refractivity contribution in [3.8, 4) is 0 Å². The minimum Gasteiger partial charge on any atom is -0.378 e. The van der Waals surface area contributed by atoms with E-state index in [0.29, 0.717) is 11.7 Å². The van der Waals surface area contributed by atoms with E-state index in [1.165, 1.54) is 6.07 Å². The zero-order chi connectivity index (χ0) is 12.3. The van der Waals surface area contributed by atoms with Crippen molar-refractivity contribution >= 4 is 17.3 Å². The fourth-order valence-electron chi connectivity index (χ4n) is 1.10. The van der Waals surface area contributed by atoms with Crippen LogP contribution >= 0.6 is 0 Å². The van der Waals surface area contributed by atoms with Gasteiger partial charge >= 0.3 is 5.69 Å². The number of anilines is 2. The molecule has 1 heterocycles. The summed E-state index contributed by atoms with van der Waals surface area (Å²) in [6, 6.07) is 3.15. The van der Waals surface area contributed by atoms with Crippen molar-refractivity contribution in [3.63, 3.8) is 0 Å². The number of hydrogen-bond donors (Lipinski definition) is 2. The van der Waals surface area contributed by atoms with Crippen LogP contribution in [0.5, 0.6) is 0 Å². The van der Waals surface area contributed by atoms with Gasteiger partial charge in [-0.15, -0.1) is 0 Å². The smallest absolute Gasteiger partial charge is 0.311 e. The fraction of sp³-hybridized carbons (Fsp3) is 0.500. The van der Waals surface area contributed by atoms with Crippen molar-refractivity contribution in [1.29, 1.82) is 0 Å². The van der Waals surface area contributed by atoms with E-state index < -0.39 is 4.92 Å². The van der Waals surface area contributed by atoms with Gasteiger partial charge in [-0.1, -0.05) is 13.8 Å². The summed E-state index contributed by atoms with van der Waals surface area (Å²) in [5.74, 6) is 0.938. The van der Waals surface area contributed by atoms with Crippen LogP contribution in [0.25, 0.3) is 0 Å². The molecule has 1 aromatic heterocycles. The third kappa shape index (κ3) is 2.82. The van der Waals surface area contributed by atoms with Crippen LogP contribution in [-0.4, -0.2) is 15.9 Å². The number of nitrogens with one attached hydrogen (secondary N) is 1. The number of aromatic nitrogens is 1. The molecular formula is C10H16N4O2. The molecule has 0 aliphatic carbocycles. The first-order valence-electron chi connectivity index (χ1n) is 5.09. The molecular weight excluding hydrogens is 208 g/mol. The molecule has 16 heavy (non-hydrogen) atoms. The zero-order valence-electron chi connectivity index (χ0n) is 9.60. The average Bonchev–Trinajstić information content (AvgIpc) is 2.16. The predicted molar refractivity (Wildman–Crippen MR) is 63.2 cm³/mol. The topological polar surface area (TPSA) is 94.1 Å². The maximum Gasteiger partial charge on any atom is 0.311 e. The van der Waals surface area contributed by atoms with Crippen molar-refractivity contribution in [3.05, 3.63) is 22.2 Å². The second-order valence-electron chi connectivity index (χ2n) is 4.03. The van der Waals surface area contributed by atoms with Gasteiger partial charge in [0.15, 0.2) is 0 Å². The fourth-order valence-corrected chi connectivity index (χ4v) is 1.10. The summed E-state index contributed by atoms with van der Waals surface area (Å²) < 4.78 is 0. The number of nitrogen functional groups attached to an aromatic ring is 1. The largest absolute Gasteiger partial charge is 0.378 e. The van der Waals surface area contributed by atoms with Crippen LogP contribution < -0.4 is 11.1 Å². The molecule has 0 radical (unpaired) electrons. The maximum absolute atomic E-state index is 10.5. The van der Waals surface area contributed by atoms with Gasteiger partial charge in [0.1, 0.15) is 5.82 Å². The standard InChI is InChI=1S/C10H16N4O2/c1-6(2)7(3)12-9-5-4-8(14(15)16)10(11)13-9/h4-7H,1-3H3,(H3,11,12,13). The Morgan fingerprint density at radius 2 is 2.06 bits per heavy atom. The normalized spacial score (nSPS) is 12.5. The van der Waals surface area contributed by atoms with Gasteiger partial charge in [-0.05, 0) is 18.9 Å². The first-order valence-corrected chi connectivity index (χ1v) is 5.09. The van der Waals surface area contributed by atoms with Crippen LogP contribution in [0.4, 0.5) is 17.3 Å². The number of rotatable bonds is 4. The second kappa shape index (κ2) is 4.78. The highest BCUT2D eigenvalue weighted by molar-refractivity contribution is 5.57. The van der Waals surface area contributed by atoms with Gasteiger partial charge in [0.25, 0.3) is 0 Å². The van der Waals surface area contributed by atoms with E-state index in [1.807, 2.05) is 6.92 Å². The van der Waals surface area contributed by atoms with Crippen molar-refractivity contribution in [2.24, 2.45) is 5.92 Å². The predicted octanol–water partition coefficient (Wildman–Crippen LogP) is 2.03. The molecule has 0 spiro atoms. The lowest BCUT2D eigenvalue weighted by Crippen LogP contribution is -2.22. The average molecular weight is 224 g/mol. The molecule has 88 valence electrons. The molecule has 1 unspecified atom stereocenters. The summed E-state index contributed by atoms with van der Waals surface area (Å²) in [6.45, 7) is 6.17. The van der Waals surface area contributed by atoms with Gasteiger partial charge in [-0.3, -0.25) is 10.1 Å². The number of pyridine rings is 1. The highest BCUT2D eigenvalue weighted by atomic mass is 16.6. The van der Waals surface area contributed by atoms with E-state index in [-0.39, 0.29) is 17.5 Å². The molecule has 0 amide bonds. The molecule has 6 nitrogen and oxygen atoms in total. The quantitative estimate of drug-likeness (QED) is 0.602. The summed E-state index contributed by atoms with van der Waals surface area (Å²) in [6.07, 6.45) is 0. The van der Waals surface area contributed by atoms with E-state index in [9.17, 15) is 10.1 Å². The van der Waals surface area contributed by atoms with Crippen LogP contribution in [0.15, 0.2) is 12.1 Å². The first-order chi connectivity index (χ1) is 7.41. The molecule has 0 fully saturated rings. The molecule has 0 aliphatic rings.